The second-order valence-corrected chi connectivity index (χ2v) is 5.14. The summed E-state index contributed by atoms with van der Waals surface area (Å²) in [5, 5.41) is 6.34. The van der Waals surface area contributed by atoms with E-state index in [1.165, 1.54) is 16.7 Å². The predicted octanol–water partition coefficient (Wildman–Crippen LogP) is 2.06. The van der Waals surface area contributed by atoms with Crippen molar-refractivity contribution in [1.29, 1.82) is 0 Å². The maximum atomic E-state index is 11.5. The van der Waals surface area contributed by atoms with Crippen LogP contribution in [0.5, 0.6) is 0 Å². The smallest absolute Gasteiger partial charge is 0.221 e. The maximum Gasteiger partial charge on any atom is 0.221 e. The topological polar surface area (TPSA) is 41.1 Å². The molecular weight excluding hydrogens is 224 g/mol. The molecule has 3 heteroatoms. The van der Waals surface area contributed by atoms with Crippen molar-refractivity contribution in [3.05, 3.63) is 34.9 Å². The van der Waals surface area contributed by atoms with Crippen LogP contribution in [-0.2, 0) is 11.3 Å². The van der Waals surface area contributed by atoms with E-state index in [0.717, 1.165) is 25.9 Å². The summed E-state index contributed by atoms with van der Waals surface area (Å²) in [4.78, 5) is 11.5. The van der Waals surface area contributed by atoms with Gasteiger partial charge in [-0.1, -0.05) is 18.2 Å². The van der Waals surface area contributed by atoms with Crippen LogP contribution >= 0.6 is 0 Å². The van der Waals surface area contributed by atoms with E-state index in [4.69, 9.17) is 0 Å². The van der Waals surface area contributed by atoms with Gasteiger partial charge < -0.3 is 10.6 Å². The predicted molar refractivity (Wildman–Crippen MR) is 73.4 cm³/mol. The molecule has 1 saturated carbocycles. The molecule has 0 heterocycles. The highest BCUT2D eigenvalue weighted by Crippen LogP contribution is 2.18. The first kappa shape index (κ1) is 13.1. The Morgan fingerprint density at radius 1 is 1.28 bits per heavy atom. The van der Waals surface area contributed by atoms with Crippen molar-refractivity contribution < 1.29 is 4.79 Å². The number of rotatable bonds is 6. The van der Waals surface area contributed by atoms with Crippen molar-refractivity contribution in [2.75, 3.05) is 6.54 Å². The van der Waals surface area contributed by atoms with Crippen LogP contribution in [0.4, 0.5) is 0 Å². The molecule has 1 aromatic rings. The standard InChI is InChI=1S/C15H22N2O/c1-11-4-3-5-12(2)14(11)10-16-9-8-15(18)17-13-6-7-13/h3-5,13,16H,6-10H2,1-2H3,(H,17,18). The second-order valence-electron chi connectivity index (χ2n) is 5.14. The Morgan fingerprint density at radius 3 is 2.56 bits per heavy atom. The number of amides is 1. The zero-order valence-corrected chi connectivity index (χ0v) is 11.3. The molecule has 3 nitrogen and oxygen atoms in total. The van der Waals surface area contributed by atoms with Crippen molar-refractivity contribution in [3.8, 4) is 0 Å². The van der Waals surface area contributed by atoms with E-state index >= 15 is 0 Å². The second kappa shape index (κ2) is 6.01. The minimum atomic E-state index is 0.173. The number of aryl methyl sites for hydroxylation is 2. The van der Waals surface area contributed by atoms with Crippen molar-refractivity contribution in [2.24, 2.45) is 0 Å². The summed E-state index contributed by atoms with van der Waals surface area (Å²) in [5.74, 6) is 0.173. The molecule has 0 aromatic heterocycles. The molecule has 1 aliphatic carbocycles. The molecule has 1 aromatic carbocycles. The molecule has 0 radical (unpaired) electrons. The molecule has 2 rings (SSSR count). The van der Waals surface area contributed by atoms with E-state index in [1.807, 2.05) is 0 Å². The third-order valence-electron chi connectivity index (χ3n) is 3.42. The lowest BCUT2D eigenvalue weighted by Gasteiger charge is -2.10. The van der Waals surface area contributed by atoms with E-state index in [2.05, 4.69) is 42.7 Å². The summed E-state index contributed by atoms with van der Waals surface area (Å²) in [6.07, 6.45) is 2.88. The number of carbonyl (C=O) groups is 1. The Hall–Kier alpha value is -1.35. The number of nitrogens with one attached hydrogen (secondary N) is 2. The van der Waals surface area contributed by atoms with Gasteiger partial charge in [0.2, 0.25) is 5.91 Å². The van der Waals surface area contributed by atoms with Gasteiger partial charge in [0.25, 0.3) is 0 Å². The minimum Gasteiger partial charge on any atom is -0.353 e. The molecule has 98 valence electrons. The summed E-state index contributed by atoms with van der Waals surface area (Å²) >= 11 is 0. The fourth-order valence-electron chi connectivity index (χ4n) is 2.07. The Balaban J connectivity index is 1.69. The summed E-state index contributed by atoms with van der Waals surface area (Å²) in [6.45, 7) is 5.84. The Bertz CT molecular complexity index is 404. The third-order valence-corrected chi connectivity index (χ3v) is 3.42. The van der Waals surface area contributed by atoms with Crippen LogP contribution in [0.2, 0.25) is 0 Å². The zero-order valence-electron chi connectivity index (χ0n) is 11.3. The van der Waals surface area contributed by atoms with Gasteiger partial charge in [0.05, 0.1) is 0 Å². The Kier molecular flexibility index (Phi) is 4.37. The van der Waals surface area contributed by atoms with Gasteiger partial charge in [0.15, 0.2) is 0 Å². The first-order valence-electron chi connectivity index (χ1n) is 6.72. The number of hydrogen-bond acceptors (Lipinski definition) is 2. The summed E-state index contributed by atoms with van der Waals surface area (Å²) in [5.41, 5.74) is 3.97. The molecule has 0 atom stereocenters. The average molecular weight is 246 g/mol. The minimum absolute atomic E-state index is 0.173. The van der Waals surface area contributed by atoms with Crippen molar-refractivity contribution >= 4 is 5.91 Å². The molecule has 0 unspecified atom stereocenters. The van der Waals surface area contributed by atoms with Crippen molar-refractivity contribution in [3.63, 3.8) is 0 Å². The van der Waals surface area contributed by atoms with Gasteiger partial charge in [-0.05, 0) is 43.4 Å². The molecule has 0 aliphatic heterocycles. The first-order valence-corrected chi connectivity index (χ1v) is 6.72. The van der Waals surface area contributed by atoms with Crippen LogP contribution in [0.3, 0.4) is 0 Å². The first-order chi connectivity index (χ1) is 8.66. The molecule has 18 heavy (non-hydrogen) atoms. The van der Waals surface area contributed by atoms with E-state index < -0.39 is 0 Å². The normalized spacial score (nSPS) is 14.6. The van der Waals surface area contributed by atoms with Gasteiger partial charge in [-0.15, -0.1) is 0 Å². The van der Waals surface area contributed by atoms with E-state index in [-0.39, 0.29) is 5.91 Å². The fourth-order valence-corrected chi connectivity index (χ4v) is 2.07. The van der Waals surface area contributed by atoms with Crippen LogP contribution in [0.1, 0.15) is 36.0 Å². The number of benzene rings is 1. The highest BCUT2D eigenvalue weighted by Gasteiger charge is 2.22. The quantitative estimate of drug-likeness (QED) is 0.754. The van der Waals surface area contributed by atoms with E-state index in [9.17, 15) is 4.79 Å². The Morgan fingerprint density at radius 2 is 1.94 bits per heavy atom. The molecular formula is C15H22N2O. The highest BCUT2D eigenvalue weighted by molar-refractivity contribution is 5.76. The maximum absolute atomic E-state index is 11.5. The van der Waals surface area contributed by atoms with E-state index in [0.29, 0.717) is 12.5 Å². The van der Waals surface area contributed by atoms with Crippen LogP contribution in [0.15, 0.2) is 18.2 Å². The number of carbonyl (C=O) groups excluding carboxylic acids is 1. The SMILES string of the molecule is Cc1cccc(C)c1CNCCC(=O)NC1CC1. The third kappa shape index (κ3) is 3.84. The summed E-state index contributed by atoms with van der Waals surface area (Å²) in [7, 11) is 0. The summed E-state index contributed by atoms with van der Waals surface area (Å²) in [6, 6.07) is 6.81. The molecule has 1 fully saturated rings. The Labute approximate surface area is 109 Å². The molecule has 1 amide bonds. The van der Waals surface area contributed by atoms with Gasteiger partial charge in [-0.3, -0.25) is 4.79 Å². The molecule has 0 saturated heterocycles. The molecule has 2 N–H and O–H groups in total. The van der Waals surface area contributed by atoms with Crippen molar-refractivity contribution in [2.45, 2.75) is 45.7 Å². The molecule has 0 spiro atoms. The lowest BCUT2D eigenvalue weighted by atomic mass is 10.0. The van der Waals surface area contributed by atoms with Crippen LogP contribution < -0.4 is 10.6 Å². The van der Waals surface area contributed by atoms with Gasteiger partial charge in [-0.25, -0.2) is 0 Å². The average Bonchev–Trinajstić information content (AvgIpc) is 3.11. The lowest BCUT2D eigenvalue weighted by Crippen LogP contribution is -2.29. The van der Waals surface area contributed by atoms with Gasteiger partial charge in [0, 0.05) is 25.6 Å². The monoisotopic (exact) mass is 246 g/mol. The van der Waals surface area contributed by atoms with Gasteiger partial charge >= 0.3 is 0 Å². The van der Waals surface area contributed by atoms with Gasteiger partial charge in [0.1, 0.15) is 0 Å². The van der Waals surface area contributed by atoms with Gasteiger partial charge in [-0.2, -0.15) is 0 Å². The summed E-state index contributed by atoms with van der Waals surface area (Å²) < 4.78 is 0. The largest absolute Gasteiger partial charge is 0.353 e. The van der Waals surface area contributed by atoms with Crippen LogP contribution in [-0.4, -0.2) is 18.5 Å². The molecule has 1 aliphatic rings. The van der Waals surface area contributed by atoms with Crippen LogP contribution in [0.25, 0.3) is 0 Å². The fraction of sp³-hybridized carbons (Fsp3) is 0.533. The van der Waals surface area contributed by atoms with Crippen molar-refractivity contribution in [1.82, 2.24) is 10.6 Å². The van der Waals surface area contributed by atoms with E-state index in [1.54, 1.807) is 0 Å². The zero-order chi connectivity index (χ0) is 13.0. The highest BCUT2D eigenvalue weighted by atomic mass is 16.1. The van der Waals surface area contributed by atoms with Crippen LogP contribution in [0, 0.1) is 13.8 Å². The molecule has 0 bridgehead atoms. The lowest BCUT2D eigenvalue weighted by molar-refractivity contribution is -0.121. The number of hydrogen-bond donors (Lipinski definition) is 2.